The van der Waals surface area contributed by atoms with Crippen LogP contribution in [0.1, 0.15) is 6.92 Å². The summed E-state index contributed by atoms with van der Waals surface area (Å²) in [6, 6.07) is 5.70. The van der Waals surface area contributed by atoms with Crippen LogP contribution in [0.3, 0.4) is 0 Å². The average Bonchev–Trinajstić information content (AvgIpc) is 2.93. The number of aromatic nitrogens is 2. The van der Waals surface area contributed by atoms with Gasteiger partial charge in [0.05, 0.1) is 6.10 Å². The molecule has 0 aliphatic heterocycles. The molecule has 0 aliphatic rings. The van der Waals surface area contributed by atoms with Crippen LogP contribution in [0.2, 0.25) is 0 Å². The Morgan fingerprint density at radius 1 is 1.38 bits per heavy atom. The van der Waals surface area contributed by atoms with Gasteiger partial charge < -0.3 is 15.2 Å². The molecule has 21 heavy (non-hydrogen) atoms. The molecule has 1 unspecified atom stereocenters. The van der Waals surface area contributed by atoms with Gasteiger partial charge in [-0.1, -0.05) is 23.1 Å². The number of rotatable bonds is 8. The van der Waals surface area contributed by atoms with E-state index in [9.17, 15) is 9.50 Å². The Kier molecular flexibility index (Phi) is 6.21. The number of ether oxygens (including phenoxy) is 1. The van der Waals surface area contributed by atoms with Crippen LogP contribution in [-0.2, 0) is 0 Å². The molecule has 5 nitrogen and oxygen atoms in total. The van der Waals surface area contributed by atoms with Gasteiger partial charge >= 0.3 is 0 Å². The lowest BCUT2D eigenvalue weighted by molar-refractivity contribution is 0.126. The van der Waals surface area contributed by atoms with Crippen molar-refractivity contribution in [3.8, 4) is 5.75 Å². The quantitative estimate of drug-likeness (QED) is 0.726. The molecule has 0 fully saturated rings. The molecule has 2 aromatic rings. The molecule has 1 heterocycles. The van der Waals surface area contributed by atoms with Crippen molar-refractivity contribution in [3.63, 3.8) is 0 Å². The van der Waals surface area contributed by atoms with Crippen LogP contribution in [-0.4, -0.2) is 40.3 Å². The van der Waals surface area contributed by atoms with Crippen LogP contribution in [0.4, 0.5) is 9.52 Å². The summed E-state index contributed by atoms with van der Waals surface area (Å²) >= 11 is 2.88. The highest BCUT2D eigenvalue weighted by Gasteiger charge is 2.10. The SMILES string of the molecule is CCNc1nnc(SCC(O)COc2ccc(F)cc2)s1. The van der Waals surface area contributed by atoms with Crippen molar-refractivity contribution in [1.29, 1.82) is 0 Å². The molecule has 2 N–H and O–H groups in total. The number of halogens is 1. The van der Waals surface area contributed by atoms with Gasteiger partial charge in [0, 0.05) is 12.3 Å². The highest BCUT2D eigenvalue weighted by Crippen LogP contribution is 2.25. The summed E-state index contributed by atoms with van der Waals surface area (Å²) in [5.74, 6) is 0.680. The first kappa shape index (κ1) is 16.0. The predicted octanol–water partition coefficient (Wildman–Crippen LogP) is 2.64. The van der Waals surface area contributed by atoms with E-state index in [4.69, 9.17) is 4.74 Å². The lowest BCUT2D eigenvalue weighted by atomic mass is 10.3. The van der Waals surface area contributed by atoms with Crippen molar-refractivity contribution >= 4 is 28.2 Å². The van der Waals surface area contributed by atoms with E-state index in [1.807, 2.05) is 6.92 Å². The van der Waals surface area contributed by atoms with Crippen LogP contribution >= 0.6 is 23.1 Å². The fraction of sp³-hybridized carbons (Fsp3) is 0.385. The molecule has 0 bridgehead atoms. The Labute approximate surface area is 130 Å². The Morgan fingerprint density at radius 3 is 2.86 bits per heavy atom. The Balaban J connectivity index is 1.71. The Morgan fingerprint density at radius 2 is 2.14 bits per heavy atom. The maximum atomic E-state index is 12.7. The number of benzene rings is 1. The first-order valence-electron chi connectivity index (χ1n) is 6.44. The lowest BCUT2D eigenvalue weighted by Crippen LogP contribution is -2.20. The molecule has 1 aromatic heterocycles. The zero-order valence-corrected chi connectivity index (χ0v) is 13.1. The molecule has 0 saturated heterocycles. The molecular formula is C13H16FN3O2S2. The number of thioether (sulfide) groups is 1. The standard InChI is InChI=1S/C13H16FN3O2S2/c1-2-15-12-16-17-13(21-12)20-8-10(18)7-19-11-5-3-9(14)4-6-11/h3-6,10,18H,2,7-8H2,1H3,(H,15,16). The largest absolute Gasteiger partial charge is 0.491 e. The van der Waals surface area contributed by atoms with Crippen LogP contribution in [0, 0.1) is 5.82 Å². The van der Waals surface area contributed by atoms with E-state index >= 15 is 0 Å². The van der Waals surface area contributed by atoms with E-state index in [2.05, 4.69) is 15.5 Å². The van der Waals surface area contributed by atoms with Gasteiger partial charge in [-0.2, -0.15) is 0 Å². The van der Waals surface area contributed by atoms with Gasteiger partial charge in [-0.25, -0.2) is 4.39 Å². The van der Waals surface area contributed by atoms with Crippen molar-refractivity contribution in [2.75, 3.05) is 24.2 Å². The van der Waals surface area contributed by atoms with Gasteiger partial charge in [0.2, 0.25) is 5.13 Å². The van der Waals surface area contributed by atoms with E-state index in [0.717, 1.165) is 16.0 Å². The molecule has 0 amide bonds. The third-order valence-corrected chi connectivity index (χ3v) is 4.55. The fourth-order valence-electron chi connectivity index (χ4n) is 1.43. The maximum Gasteiger partial charge on any atom is 0.206 e. The zero-order valence-electron chi connectivity index (χ0n) is 11.5. The van der Waals surface area contributed by atoms with Gasteiger partial charge in [0.15, 0.2) is 4.34 Å². The summed E-state index contributed by atoms with van der Waals surface area (Å²) in [6.07, 6.45) is -0.633. The molecule has 1 atom stereocenters. The molecule has 0 saturated carbocycles. The highest BCUT2D eigenvalue weighted by atomic mass is 32.2. The Hall–Kier alpha value is -1.38. The van der Waals surface area contributed by atoms with Crippen molar-refractivity contribution in [3.05, 3.63) is 30.1 Å². The summed E-state index contributed by atoms with van der Waals surface area (Å²) in [5.41, 5.74) is 0. The maximum absolute atomic E-state index is 12.7. The van der Waals surface area contributed by atoms with E-state index in [1.165, 1.54) is 47.4 Å². The van der Waals surface area contributed by atoms with Crippen LogP contribution < -0.4 is 10.1 Å². The van der Waals surface area contributed by atoms with Gasteiger partial charge in [-0.05, 0) is 31.2 Å². The minimum atomic E-state index is -0.633. The smallest absolute Gasteiger partial charge is 0.206 e. The van der Waals surface area contributed by atoms with Crippen LogP contribution in [0.15, 0.2) is 28.6 Å². The van der Waals surface area contributed by atoms with Gasteiger partial charge in [-0.15, -0.1) is 10.2 Å². The molecule has 0 spiro atoms. The second-order valence-electron chi connectivity index (χ2n) is 4.13. The molecule has 1 aromatic carbocycles. The zero-order chi connectivity index (χ0) is 15.1. The number of nitrogens with one attached hydrogen (secondary N) is 1. The predicted molar refractivity (Wildman–Crippen MR) is 82.7 cm³/mol. The number of anilines is 1. The molecular weight excluding hydrogens is 313 g/mol. The number of hydrogen-bond donors (Lipinski definition) is 2. The first-order chi connectivity index (χ1) is 10.2. The van der Waals surface area contributed by atoms with Crippen LogP contribution in [0.25, 0.3) is 0 Å². The van der Waals surface area contributed by atoms with Gasteiger partial charge in [0.25, 0.3) is 0 Å². The Bertz CT molecular complexity index is 551. The second kappa shape index (κ2) is 8.16. The molecule has 8 heteroatoms. The summed E-state index contributed by atoms with van der Waals surface area (Å²) in [4.78, 5) is 0. The fourth-order valence-corrected chi connectivity index (χ4v) is 3.18. The van der Waals surface area contributed by atoms with E-state index in [0.29, 0.717) is 11.5 Å². The highest BCUT2D eigenvalue weighted by molar-refractivity contribution is 8.01. The van der Waals surface area contributed by atoms with E-state index < -0.39 is 6.10 Å². The minimum Gasteiger partial charge on any atom is -0.491 e. The normalized spacial score (nSPS) is 12.1. The summed E-state index contributed by atoms with van der Waals surface area (Å²) in [7, 11) is 0. The van der Waals surface area contributed by atoms with Crippen molar-refractivity contribution in [1.82, 2.24) is 10.2 Å². The van der Waals surface area contributed by atoms with Crippen molar-refractivity contribution in [2.45, 2.75) is 17.4 Å². The minimum absolute atomic E-state index is 0.150. The number of hydrogen-bond acceptors (Lipinski definition) is 7. The molecule has 2 rings (SSSR count). The van der Waals surface area contributed by atoms with Gasteiger partial charge in [0.1, 0.15) is 18.2 Å². The number of aliphatic hydroxyl groups excluding tert-OH is 1. The summed E-state index contributed by atoms with van der Waals surface area (Å²) in [5, 5.41) is 21.7. The topological polar surface area (TPSA) is 67.3 Å². The van der Waals surface area contributed by atoms with Crippen LogP contribution in [0.5, 0.6) is 5.75 Å². The van der Waals surface area contributed by atoms with E-state index in [1.54, 1.807) is 0 Å². The first-order valence-corrected chi connectivity index (χ1v) is 8.24. The molecule has 0 aliphatic carbocycles. The second-order valence-corrected chi connectivity index (χ2v) is 6.38. The van der Waals surface area contributed by atoms with Crippen molar-refractivity contribution < 1.29 is 14.2 Å². The van der Waals surface area contributed by atoms with Gasteiger partial charge in [-0.3, -0.25) is 0 Å². The number of nitrogens with zero attached hydrogens (tertiary/aromatic N) is 2. The third-order valence-electron chi connectivity index (χ3n) is 2.39. The van der Waals surface area contributed by atoms with E-state index in [-0.39, 0.29) is 12.4 Å². The summed E-state index contributed by atoms with van der Waals surface area (Å²) in [6.45, 7) is 2.94. The molecule has 114 valence electrons. The summed E-state index contributed by atoms with van der Waals surface area (Å²) < 4.78 is 18.9. The lowest BCUT2D eigenvalue weighted by Gasteiger charge is -2.11. The number of aliphatic hydroxyl groups is 1. The monoisotopic (exact) mass is 329 g/mol. The third kappa shape index (κ3) is 5.49. The molecule has 0 radical (unpaired) electrons. The van der Waals surface area contributed by atoms with Crippen molar-refractivity contribution in [2.24, 2.45) is 0 Å². The average molecular weight is 329 g/mol.